The minimum atomic E-state index is 0.0964. The highest BCUT2D eigenvalue weighted by molar-refractivity contribution is 5.81. The van der Waals surface area contributed by atoms with E-state index < -0.39 is 0 Å². The summed E-state index contributed by atoms with van der Waals surface area (Å²) in [6.45, 7) is 8.51. The van der Waals surface area contributed by atoms with E-state index in [0.717, 1.165) is 6.42 Å². The van der Waals surface area contributed by atoms with E-state index in [1.165, 1.54) is 0 Å². The fourth-order valence-electron chi connectivity index (χ4n) is 1.69. The number of hydrogen-bond donors (Lipinski definition) is 2. The second kappa shape index (κ2) is 10.6. The molecule has 0 aromatic carbocycles. The first kappa shape index (κ1) is 17.7. The number of amides is 1. The summed E-state index contributed by atoms with van der Waals surface area (Å²) in [5.41, 5.74) is 5.43. The minimum absolute atomic E-state index is 0.0964. The molecule has 0 aromatic heterocycles. The van der Waals surface area contributed by atoms with E-state index in [9.17, 15) is 4.79 Å². The van der Waals surface area contributed by atoms with E-state index in [-0.39, 0.29) is 11.7 Å². The van der Waals surface area contributed by atoms with Gasteiger partial charge in [0, 0.05) is 39.1 Å². The van der Waals surface area contributed by atoms with Gasteiger partial charge in [-0.2, -0.15) is 0 Å². The largest absolute Gasteiger partial charge is 0.409 e. The number of nitrogens with zero attached hydrogens (tertiary/aromatic N) is 2. The van der Waals surface area contributed by atoms with Crippen molar-refractivity contribution in [2.75, 3.05) is 26.3 Å². The number of nitrogens with two attached hydrogens (primary N) is 1. The Morgan fingerprint density at radius 3 is 2.63 bits per heavy atom. The van der Waals surface area contributed by atoms with Gasteiger partial charge in [-0.15, -0.1) is 0 Å². The molecular weight excluding hydrogens is 246 g/mol. The molecule has 0 rings (SSSR count). The van der Waals surface area contributed by atoms with Gasteiger partial charge in [0.05, 0.1) is 0 Å². The monoisotopic (exact) mass is 273 g/mol. The molecule has 0 unspecified atom stereocenters. The Morgan fingerprint density at radius 2 is 2.11 bits per heavy atom. The van der Waals surface area contributed by atoms with Gasteiger partial charge in [0.25, 0.3) is 0 Å². The molecule has 0 atom stereocenters. The fourth-order valence-corrected chi connectivity index (χ4v) is 1.69. The van der Waals surface area contributed by atoms with Crippen molar-refractivity contribution in [1.29, 1.82) is 0 Å². The predicted octanol–water partition coefficient (Wildman–Crippen LogP) is 1.42. The third-order valence-corrected chi connectivity index (χ3v) is 2.59. The van der Waals surface area contributed by atoms with Gasteiger partial charge in [0.2, 0.25) is 5.91 Å². The van der Waals surface area contributed by atoms with Crippen molar-refractivity contribution in [3.05, 3.63) is 0 Å². The Morgan fingerprint density at radius 1 is 1.42 bits per heavy atom. The summed E-state index contributed by atoms with van der Waals surface area (Å²) in [5, 5.41) is 11.4. The lowest BCUT2D eigenvalue weighted by atomic mass is 10.2. The van der Waals surface area contributed by atoms with Crippen LogP contribution in [0.25, 0.3) is 0 Å². The molecule has 0 heterocycles. The smallest absolute Gasteiger partial charge is 0.222 e. The van der Waals surface area contributed by atoms with Crippen molar-refractivity contribution < 1.29 is 14.7 Å². The topological polar surface area (TPSA) is 88.2 Å². The highest BCUT2D eigenvalue weighted by atomic mass is 16.5. The summed E-state index contributed by atoms with van der Waals surface area (Å²) in [7, 11) is 0. The van der Waals surface area contributed by atoms with E-state index >= 15 is 0 Å². The second-order valence-corrected chi connectivity index (χ2v) is 4.88. The van der Waals surface area contributed by atoms with Gasteiger partial charge in [-0.05, 0) is 19.3 Å². The fraction of sp³-hybridized carbons (Fsp3) is 0.846. The zero-order chi connectivity index (χ0) is 14.7. The van der Waals surface area contributed by atoms with Crippen LogP contribution in [-0.2, 0) is 9.53 Å². The zero-order valence-corrected chi connectivity index (χ0v) is 12.3. The number of carbonyl (C=O) groups is 1. The SMILES string of the molecule is CCOCCCC(=O)N(CCC(N)=NO)CC(C)C. The van der Waals surface area contributed by atoms with Crippen molar-refractivity contribution in [3.8, 4) is 0 Å². The van der Waals surface area contributed by atoms with Crippen LogP contribution in [0, 0.1) is 5.92 Å². The molecule has 0 aliphatic heterocycles. The summed E-state index contributed by atoms with van der Waals surface area (Å²) >= 11 is 0. The molecule has 0 fully saturated rings. The molecule has 0 spiro atoms. The third kappa shape index (κ3) is 9.30. The molecule has 6 nitrogen and oxygen atoms in total. The minimum Gasteiger partial charge on any atom is -0.409 e. The Kier molecular flexibility index (Phi) is 9.88. The molecule has 0 saturated heterocycles. The first-order chi connectivity index (χ1) is 9.01. The lowest BCUT2D eigenvalue weighted by molar-refractivity contribution is -0.132. The normalized spacial score (nSPS) is 11.9. The average Bonchev–Trinajstić information content (AvgIpc) is 2.38. The first-order valence-electron chi connectivity index (χ1n) is 6.83. The van der Waals surface area contributed by atoms with Gasteiger partial charge in [0.15, 0.2) is 0 Å². The van der Waals surface area contributed by atoms with Crippen molar-refractivity contribution >= 4 is 11.7 Å². The summed E-state index contributed by atoms with van der Waals surface area (Å²) in [6, 6.07) is 0. The van der Waals surface area contributed by atoms with Gasteiger partial charge >= 0.3 is 0 Å². The van der Waals surface area contributed by atoms with Crippen LogP contribution in [0.4, 0.5) is 0 Å². The number of amidine groups is 1. The Balaban J connectivity index is 4.19. The van der Waals surface area contributed by atoms with Crippen molar-refractivity contribution in [2.24, 2.45) is 16.8 Å². The molecular formula is C13H27N3O3. The summed E-state index contributed by atoms with van der Waals surface area (Å²) in [5.74, 6) is 0.637. The van der Waals surface area contributed by atoms with Crippen LogP contribution in [0.15, 0.2) is 5.16 Å². The van der Waals surface area contributed by atoms with Gasteiger partial charge in [-0.3, -0.25) is 4.79 Å². The van der Waals surface area contributed by atoms with E-state index in [2.05, 4.69) is 19.0 Å². The number of carbonyl (C=O) groups excluding carboxylic acids is 1. The van der Waals surface area contributed by atoms with Crippen LogP contribution < -0.4 is 5.73 Å². The van der Waals surface area contributed by atoms with Gasteiger partial charge in [-0.1, -0.05) is 19.0 Å². The van der Waals surface area contributed by atoms with Crippen LogP contribution in [0.1, 0.15) is 40.0 Å². The number of oxime groups is 1. The summed E-state index contributed by atoms with van der Waals surface area (Å²) in [6.07, 6.45) is 1.59. The number of rotatable bonds is 10. The quantitative estimate of drug-likeness (QED) is 0.207. The maximum Gasteiger partial charge on any atom is 0.222 e. The molecule has 0 radical (unpaired) electrons. The first-order valence-corrected chi connectivity index (χ1v) is 6.83. The Labute approximate surface area is 115 Å². The molecule has 0 bridgehead atoms. The van der Waals surface area contributed by atoms with Crippen molar-refractivity contribution in [3.63, 3.8) is 0 Å². The third-order valence-electron chi connectivity index (χ3n) is 2.59. The highest BCUT2D eigenvalue weighted by Gasteiger charge is 2.14. The second-order valence-electron chi connectivity index (χ2n) is 4.88. The molecule has 0 saturated carbocycles. The number of hydrogen-bond acceptors (Lipinski definition) is 4. The van der Waals surface area contributed by atoms with E-state index in [1.54, 1.807) is 4.90 Å². The lowest BCUT2D eigenvalue weighted by Gasteiger charge is -2.24. The maximum atomic E-state index is 12.1. The molecule has 112 valence electrons. The summed E-state index contributed by atoms with van der Waals surface area (Å²) < 4.78 is 5.22. The van der Waals surface area contributed by atoms with E-state index in [4.69, 9.17) is 15.7 Å². The van der Waals surface area contributed by atoms with Gasteiger partial charge in [-0.25, -0.2) is 0 Å². The van der Waals surface area contributed by atoms with Crippen LogP contribution in [0.5, 0.6) is 0 Å². The van der Waals surface area contributed by atoms with E-state index in [1.807, 2.05) is 6.92 Å². The number of ether oxygens (including phenoxy) is 1. The molecule has 19 heavy (non-hydrogen) atoms. The average molecular weight is 273 g/mol. The van der Waals surface area contributed by atoms with Crippen LogP contribution in [0.2, 0.25) is 0 Å². The maximum absolute atomic E-state index is 12.1. The van der Waals surface area contributed by atoms with Gasteiger partial charge < -0.3 is 20.6 Å². The molecule has 0 aliphatic carbocycles. The molecule has 0 aliphatic rings. The molecule has 6 heteroatoms. The standard InChI is InChI=1S/C13H27N3O3/c1-4-19-9-5-6-13(17)16(10-11(2)3)8-7-12(14)15-18/h11,18H,4-10H2,1-3H3,(H2,14,15). The summed E-state index contributed by atoms with van der Waals surface area (Å²) in [4.78, 5) is 13.8. The Hall–Kier alpha value is -1.30. The van der Waals surface area contributed by atoms with Crippen molar-refractivity contribution in [1.82, 2.24) is 4.90 Å². The van der Waals surface area contributed by atoms with Crippen LogP contribution in [0.3, 0.4) is 0 Å². The molecule has 0 aromatic rings. The Bertz CT molecular complexity index is 280. The molecule has 3 N–H and O–H groups in total. The van der Waals surface area contributed by atoms with Crippen LogP contribution >= 0.6 is 0 Å². The zero-order valence-electron chi connectivity index (χ0n) is 12.3. The van der Waals surface area contributed by atoms with E-state index in [0.29, 0.717) is 45.1 Å². The lowest BCUT2D eigenvalue weighted by Crippen LogP contribution is -2.36. The molecule has 1 amide bonds. The predicted molar refractivity (Wildman–Crippen MR) is 75.2 cm³/mol. The van der Waals surface area contributed by atoms with Crippen molar-refractivity contribution in [2.45, 2.75) is 40.0 Å². The van der Waals surface area contributed by atoms with Gasteiger partial charge in [0.1, 0.15) is 5.84 Å². The highest BCUT2D eigenvalue weighted by Crippen LogP contribution is 2.05. The van der Waals surface area contributed by atoms with Crippen LogP contribution in [-0.4, -0.2) is 48.2 Å².